The van der Waals surface area contributed by atoms with Crippen molar-refractivity contribution in [1.29, 1.82) is 0 Å². The normalized spacial score (nSPS) is 39.5. The molecular formula is C15H28N2O. The average molecular weight is 252 g/mol. The summed E-state index contributed by atoms with van der Waals surface area (Å²) in [6.45, 7) is 5.63. The number of hydrogen-bond acceptors (Lipinski definition) is 3. The van der Waals surface area contributed by atoms with Crippen molar-refractivity contribution in [3.05, 3.63) is 0 Å². The molecule has 2 saturated heterocycles. The van der Waals surface area contributed by atoms with E-state index < -0.39 is 0 Å². The Morgan fingerprint density at radius 3 is 2.72 bits per heavy atom. The van der Waals surface area contributed by atoms with Gasteiger partial charge in [0.15, 0.2) is 0 Å². The molecule has 0 aromatic heterocycles. The number of ether oxygens (including phenoxy) is 1. The lowest BCUT2D eigenvalue weighted by Crippen LogP contribution is -2.47. The van der Waals surface area contributed by atoms with Gasteiger partial charge < -0.3 is 15.4 Å². The zero-order valence-electron chi connectivity index (χ0n) is 11.8. The molecule has 18 heavy (non-hydrogen) atoms. The van der Waals surface area contributed by atoms with Gasteiger partial charge in [0.05, 0.1) is 11.7 Å². The Morgan fingerprint density at radius 1 is 1.17 bits per heavy atom. The highest BCUT2D eigenvalue weighted by molar-refractivity contribution is 4.95. The topological polar surface area (TPSA) is 33.3 Å². The summed E-state index contributed by atoms with van der Waals surface area (Å²) in [5.74, 6) is 0. The molecule has 3 fully saturated rings. The fourth-order valence-corrected chi connectivity index (χ4v) is 3.93. The summed E-state index contributed by atoms with van der Waals surface area (Å²) in [5.41, 5.74) is 0.575. The Bertz CT molecular complexity index is 280. The maximum atomic E-state index is 6.41. The molecule has 1 spiro atoms. The Balaban J connectivity index is 1.47. The predicted octanol–water partition coefficient (Wildman–Crippen LogP) is 2.21. The molecule has 0 bridgehead atoms. The summed E-state index contributed by atoms with van der Waals surface area (Å²) in [4.78, 5) is 0. The van der Waals surface area contributed by atoms with Gasteiger partial charge in [-0.15, -0.1) is 0 Å². The van der Waals surface area contributed by atoms with E-state index in [1.54, 1.807) is 0 Å². The first-order valence-corrected chi connectivity index (χ1v) is 7.83. The van der Waals surface area contributed by atoms with Crippen LogP contribution in [0.25, 0.3) is 0 Å². The van der Waals surface area contributed by atoms with Crippen LogP contribution in [0, 0.1) is 0 Å². The number of rotatable bonds is 3. The molecule has 1 aliphatic carbocycles. The Hall–Kier alpha value is -0.120. The fourth-order valence-electron chi connectivity index (χ4n) is 3.93. The predicted molar refractivity (Wildman–Crippen MR) is 73.8 cm³/mol. The van der Waals surface area contributed by atoms with E-state index in [1.165, 1.54) is 51.4 Å². The standard InChI is InChI=1S/C15H28N2O/c1-14(9-10-16-12-14)17-11-13-5-8-15(18-13)6-3-2-4-7-15/h13,16-17H,2-12H2,1H3. The Morgan fingerprint density at radius 2 is 2.00 bits per heavy atom. The maximum absolute atomic E-state index is 6.41. The van der Waals surface area contributed by atoms with Crippen LogP contribution in [0.1, 0.15) is 58.3 Å². The van der Waals surface area contributed by atoms with Gasteiger partial charge in [-0.3, -0.25) is 0 Å². The molecule has 0 aromatic carbocycles. The second-order valence-corrected chi connectivity index (χ2v) is 6.89. The van der Waals surface area contributed by atoms with Crippen molar-refractivity contribution < 1.29 is 4.74 Å². The summed E-state index contributed by atoms with van der Waals surface area (Å²) >= 11 is 0. The Kier molecular flexibility index (Phi) is 3.65. The lowest BCUT2D eigenvalue weighted by atomic mass is 9.83. The third-order valence-corrected chi connectivity index (χ3v) is 5.23. The Labute approximate surface area is 111 Å². The monoisotopic (exact) mass is 252 g/mol. The van der Waals surface area contributed by atoms with Gasteiger partial charge in [0, 0.05) is 18.6 Å². The van der Waals surface area contributed by atoms with Gasteiger partial charge in [-0.25, -0.2) is 0 Å². The van der Waals surface area contributed by atoms with Crippen LogP contribution in [-0.2, 0) is 4.74 Å². The molecule has 2 aliphatic heterocycles. The second-order valence-electron chi connectivity index (χ2n) is 6.89. The molecule has 104 valence electrons. The van der Waals surface area contributed by atoms with Crippen molar-refractivity contribution in [1.82, 2.24) is 10.6 Å². The zero-order valence-corrected chi connectivity index (χ0v) is 11.8. The third kappa shape index (κ3) is 2.73. The van der Waals surface area contributed by atoms with Crippen LogP contribution in [-0.4, -0.2) is 36.9 Å². The average Bonchev–Trinajstić information content (AvgIpc) is 2.97. The molecule has 2 N–H and O–H groups in total. The van der Waals surface area contributed by atoms with Crippen LogP contribution in [0.3, 0.4) is 0 Å². The molecule has 0 radical (unpaired) electrons. The van der Waals surface area contributed by atoms with Crippen LogP contribution < -0.4 is 10.6 Å². The summed E-state index contributed by atoms with van der Waals surface area (Å²) < 4.78 is 6.41. The smallest absolute Gasteiger partial charge is 0.0708 e. The van der Waals surface area contributed by atoms with Crippen LogP contribution in [0.2, 0.25) is 0 Å². The van der Waals surface area contributed by atoms with E-state index in [0.29, 0.717) is 11.6 Å². The lowest BCUT2D eigenvalue weighted by Gasteiger charge is -2.34. The molecule has 2 unspecified atom stereocenters. The highest BCUT2D eigenvalue weighted by Gasteiger charge is 2.41. The minimum Gasteiger partial charge on any atom is -0.370 e. The first-order valence-electron chi connectivity index (χ1n) is 7.83. The molecule has 1 saturated carbocycles. The molecule has 3 rings (SSSR count). The summed E-state index contributed by atoms with van der Waals surface area (Å²) in [5, 5.41) is 7.18. The van der Waals surface area contributed by atoms with E-state index in [9.17, 15) is 0 Å². The third-order valence-electron chi connectivity index (χ3n) is 5.23. The van der Waals surface area contributed by atoms with E-state index >= 15 is 0 Å². The summed E-state index contributed by atoms with van der Waals surface area (Å²) in [6, 6.07) is 0. The summed E-state index contributed by atoms with van der Waals surface area (Å²) in [7, 11) is 0. The van der Waals surface area contributed by atoms with Gasteiger partial charge >= 0.3 is 0 Å². The first kappa shape index (κ1) is 12.9. The van der Waals surface area contributed by atoms with Crippen molar-refractivity contribution in [2.24, 2.45) is 0 Å². The molecule has 2 atom stereocenters. The van der Waals surface area contributed by atoms with Crippen LogP contribution in [0.15, 0.2) is 0 Å². The van der Waals surface area contributed by atoms with E-state index in [1.807, 2.05) is 0 Å². The largest absolute Gasteiger partial charge is 0.370 e. The van der Waals surface area contributed by atoms with Gasteiger partial charge in [0.2, 0.25) is 0 Å². The second kappa shape index (κ2) is 5.10. The van der Waals surface area contributed by atoms with Crippen LogP contribution >= 0.6 is 0 Å². The van der Waals surface area contributed by atoms with E-state index in [0.717, 1.165) is 19.6 Å². The van der Waals surface area contributed by atoms with Crippen LogP contribution in [0.5, 0.6) is 0 Å². The molecular weight excluding hydrogens is 224 g/mol. The van der Waals surface area contributed by atoms with Gasteiger partial charge in [-0.1, -0.05) is 19.3 Å². The van der Waals surface area contributed by atoms with E-state index in [2.05, 4.69) is 17.6 Å². The lowest BCUT2D eigenvalue weighted by molar-refractivity contribution is -0.0637. The molecule has 3 aliphatic rings. The van der Waals surface area contributed by atoms with Gasteiger partial charge in [0.25, 0.3) is 0 Å². The van der Waals surface area contributed by atoms with E-state index in [4.69, 9.17) is 4.74 Å². The van der Waals surface area contributed by atoms with Crippen molar-refractivity contribution in [2.75, 3.05) is 19.6 Å². The van der Waals surface area contributed by atoms with Gasteiger partial charge in [-0.2, -0.15) is 0 Å². The first-order chi connectivity index (χ1) is 8.70. The van der Waals surface area contributed by atoms with Gasteiger partial charge in [0.1, 0.15) is 0 Å². The molecule has 0 aromatic rings. The number of hydrogen-bond donors (Lipinski definition) is 2. The van der Waals surface area contributed by atoms with Crippen molar-refractivity contribution in [3.8, 4) is 0 Å². The van der Waals surface area contributed by atoms with Crippen molar-refractivity contribution in [2.45, 2.75) is 75.5 Å². The quantitative estimate of drug-likeness (QED) is 0.808. The molecule has 2 heterocycles. The van der Waals surface area contributed by atoms with Gasteiger partial charge in [-0.05, 0) is 45.6 Å². The summed E-state index contributed by atoms with van der Waals surface area (Å²) in [6.07, 6.45) is 11.0. The van der Waals surface area contributed by atoms with Crippen molar-refractivity contribution >= 4 is 0 Å². The highest BCUT2D eigenvalue weighted by atomic mass is 16.5. The molecule has 0 amide bonds. The zero-order chi connectivity index (χ0) is 12.5. The van der Waals surface area contributed by atoms with E-state index in [-0.39, 0.29) is 5.60 Å². The van der Waals surface area contributed by atoms with Crippen LogP contribution in [0.4, 0.5) is 0 Å². The molecule has 3 nitrogen and oxygen atoms in total. The highest BCUT2D eigenvalue weighted by Crippen LogP contribution is 2.41. The molecule has 3 heteroatoms. The minimum atomic E-state index is 0.277. The maximum Gasteiger partial charge on any atom is 0.0708 e. The number of nitrogens with one attached hydrogen (secondary N) is 2. The van der Waals surface area contributed by atoms with Crippen molar-refractivity contribution in [3.63, 3.8) is 0 Å². The minimum absolute atomic E-state index is 0.277. The fraction of sp³-hybridized carbons (Fsp3) is 1.00. The SMILES string of the molecule is CC1(NCC2CCC3(CCCCC3)O2)CCNC1.